The van der Waals surface area contributed by atoms with Crippen LogP contribution >= 0.6 is 11.8 Å². The second-order valence-electron chi connectivity index (χ2n) is 4.18. The van der Waals surface area contributed by atoms with Gasteiger partial charge in [0.2, 0.25) is 0 Å². The highest BCUT2D eigenvalue weighted by Crippen LogP contribution is 2.36. The van der Waals surface area contributed by atoms with E-state index in [0.717, 1.165) is 27.6 Å². The minimum atomic E-state index is 0.728. The molecule has 80 valence electrons. The van der Waals surface area contributed by atoms with E-state index in [-0.39, 0.29) is 0 Å². The number of hydrogen-bond donors (Lipinski definition) is 0. The van der Waals surface area contributed by atoms with Crippen LogP contribution in [-0.4, -0.2) is 11.5 Å². The van der Waals surface area contributed by atoms with E-state index >= 15 is 0 Å². The Balaban J connectivity index is 2.15. The molecule has 1 aromatic carbocycles. The van der Waals surface area contributed by atoms with Crippen molar-refractivity contribution in [2.75, 3.05) is 0 Å². The first kappa shape index (κ1) is 10.7. The summed E-state index contributed by atoms with van der Waals surface area (Å²) < 4.78 is 0. The van der Waals surface area contributed by atoms with Crippen LogP contribution in [0.5, 0.6) is 0 Å². The number of carbonyl (C=O) groups is 1. The van der Waals surface area contributed by atoms with Crippen molar-refractivity contribution in [2.45, 2.75) is 42.8 Å². The Morgan fingerprint density at radius 2 is 2.07 bits per heavy atom. The smallest absolute Gasteiger partial charge is 0.151 e. The summed E-state index contributed by atoms with van der Waals surface area (Å²) in [6, 6.07) is 6.15. The summed E-state index contributed by atoms with van der Waals surface area (Å²) in [4.78, 5) is 12.1. The zero-order chi connectivity index (χ0) is 10.7. The van der Waals surface area contributed by atoms with Gasteiger partial charge >= 0.3 is 0 Å². The number of carbonyl (C=O) groups excluding carboxylic acids is 1. The predicted molar refractivity (Wildman–Crippen MR) is 64.7 cm³/mol. The van der Waals surface area contributed by atoms with Gasteiger partial charge in [0, 0.05) is 15.7 Å². The Morgan fingerprint density at radius 3 is 2.73 bits per heavy atom. The second-order valence-corrected chi connectivity index (χ2v) is 5.53. The molecule has 0 N–H and O–H groups in total. The molecule has 0 atom stereocenters. The molecular formula is C13H16OS. The van der Waals surface area contributed by atoms with E-state index in [1.165, 1.54) is 25.7 Å². The van der Waals surface area contributed by atoms with E-state index in [2.05, 4.69) is 12.1 Å². The van der Waals surface area contributed by atoms with Crippen LogP contribution in [0.25, 0.3) is 0 Å². The van der Waals surface area contributed by atoms with Gasteiger partial charge in [-0.1, -0.05) is 24.5 Å². The van der Waals surface area contributed by atoms with E-state index < -0.39 is 0 Å². The molecule has 15 heavy (non-hydrogen) atoms. The number of benzene rings is 1. The Hall–Kier alpha value is -0.760. The van der Waals surface area contributed by atoms with E-state index in [0.29, 0.717) is 0 Å². The van der Waals surface area contributed by atoms with Gasteiger partial charge in [-0.25, -0.2) is 0 Å². The van der Waals surface area contributed by atoms with Crippen molar-refractivity contribution in [3.05, 3.63) is 29.3 Å². The molecule has 0 amide bonds. The van der Waals surface area contributed by atoms with E-state index in [1.54, 1.807) is 0 Å². The average Bonchev–Trinajstić information content (AvgIpc) is 2.73. The molecule has 1 fully saturated rings. The van der Waals surface area contributed by atoms with E-state index in [1.807, 2.05) is 24.8 Å². The summed E-state index contributed by atoms with van der Waals surface area (Å²) in [5.41, 5.74) is 2.01. The van der Waals surface area contributed by atoms with Crippen molar-refractivity contribution in [3.63, 3.8) is 0 Å². The molecule has 0 aliphatic heterocycles. The lowest BCUT2D eigenvalue weighted by molar-refractivity contribution is 0.112. The largest absolute Gasteiger partial charge is 0.298 e. The van der Waals surface area contributed by atoms with Gasteiger partial charge in [0.05, 0.1) is 0 Å². The van der Waals surface area contributed by atoms with Crippen LogP contribution in [0.1, 0.15) is 41.6 Å². The van der Waals surface area contributed by atoms with Crippen LogP contribution in [-0.2, 0) is 0 Å². The van der Waals surface area contributed by atoms with Crippen molar-refractivity contribution in [3.8, 4) is 0 Å². The van der Waals surface area contributed by atoms with Gasteiger partial charge in [0.15, 0.2) is 6.29 Å². The third kappa shape index (κ3) is 2.63. The zero-order valence-corrected chi connectivity index (χ0v) is 9.85. The highest BCUT2D eigenvalue weighted by molar-refractivity contribution is 8.00. The summed E-state index contributed by atoms with van der Waals surface area (Å²) in [7, 11) is 0. The fourth-order valence-electron chi connectivity index (χ4n) is 2.05. The highest BCUT2D eigenvalue weighted by atomic mass is 32.2. The van der Waals surface area contributed by atoms with Gasteiger partial charge in [-0.3, -0.25) is 4.79 Å². The third-order valence-corrected chi connectivity index (χ3v) is 4.32. The summed E-state index contributed by atoms with van der Waals surface area (Å²) in [5.74, 6) is 0. The monoisotopic (exact) mass is 220 g/mol. The topological polar surface area (TPSA) is 17.1 Å². The van der Waals surface area contributed by atoms with Crippen molar-refractivity contribution < 1.29 is 4.79 Å². The predicted octanol–water partition coefficient (Wildman–Crippen LogP) is 3.84. The summed E-state index contributed by atoms with van der Waals surface area (Å²) in [6.45, 7) is 2.02. The maximum atomic E-state index is 10.9. The molecular weight excluding hydrogens is 204 g/mol. The van der Waals surface area contributed by atoms with Crippen LogP contribution in [0.3, 0.4) is 0 Å². The number of aldehydes is 1. The first-order chi connectivity index (χ1) is 7.29. The Bertz CT molecular complexity index is 354. The van der Waals surface area contributed by atoms with Gasteiger partial charge in [-0.05, 0) is 31.9 Å². The molecule has 0 radical (unpaired) electrons. The van der Waals surface area contributed by atoms with Crippen molar-refractivity contribution in [2.24, 2.45) is 0 Å². The maximum absolute atomic E-state index is 10.9. The van der Waals surface area contributed by atoms with E-state index in [4.69, 9.17) is 0 Å². The first-order valence-electron chi connectivity index (χ1n) is 5.52. The Morgan fingerprint density at radius 1 is 1.33 bits per heavy atom. The fourth-order valence-corrected chi connectivity index (χ4v) is 3.37. The number of hydrogen-bond acceptors (Lipinski definition) is 2. The molecule has 0 unspecified atom stereocenters. The minimum Gasteiger partial charge on any atom is -0.298 e. The lowest BCUT2D eigenvalue weighted by Gasteiger charge is -2.10. The summed E-state index contributed by atoms with van der Waals surface area (Å²) >= 11 is 1.88. The molecule has 0 saturated heterocycles. The number of thioether (sulfide) groups is 1. The van der Waals surface area contributed by atoms with Crippen LogP contribution < -0.4 is 0 Å². The van der Waals surface area contributed by atoms with Crippen molar-refractivity contribution in [1.29, 1.82) is 0 Å². The van der Waals surface area contributed by atoms with Crippen LogP contribution in [0.2, 0.25) is 0 Å². The van der Waals surface area contributed by atoms with Crippen molar-refractivity contribution >= 4 is 18.0 Å². The lowest BCUT2D eigenvalue weighted by atomic mass is 10.2. The summed E-state index contributed by atoms with van der Waals surface area (Å²) in [5, 5.41) is 0.728. The molecule has 0 heterocycles. The first-order valence-corrected chi connectivity index (χ1v) is 6.40. The molecule has 1 nitrogen and oxygen atoms in total. The number of aryl methyl sites for hydroxylation is 1. The normalized spacial score (nSPS) is 16.9. The standard InChI is InChI=1S/C13H16OS/c1-10-6-7-13(11(8-10)9-14)15-12-4-2-3-5-12/h6-9,12H,2-5H2,1H3. The SMILES string of the molecule is Cc1ccc(SC2CCCC2)c(C=O)c1. The molecule has 1 saturated carbocycles. The molecule has 0 bridgehead atoms. The zero-order valence-electron chi connectivity index (χ0n) is 9.03. The molecule has 1 aliphatic rings. The molecule has 2 rings (SSSR count). The molecule has 0 aromatic heterocycles. The third-order valence-electron chi connectivity index (χ3n) is 2.89. The Kier molecular flexibility index (Phi) is 3.47. The molecule has 1 aliphatic carbocycles. The van der Waals surface area contributed by atoms with Crippen LogP contribution in [0.4, 0.5) is 0 Å². The molecule has 2 heteroatoms. The molecule has 0 spiro atoms. The molecule has 1 aromatic rings. The van der Waals surface area contributed by atoms with Gasteiger partial charge < -0.3 is 0 Å². The fraction of sp³-hybridized carbons (Fsp3) is 0.462. The quantitative estimate of drug-likeness (QED) is 0.720. The van der Waals surface area contributed by atoms with Crippen LogP contribution in [0, 0.1) is 6.92 Å². The number of rotatable bonds is 3. The minimum absolute atomic E-state index is 0.728. The second kappa shape index (κ2) is 4.84. The summed E-state index contributed by atoms with van der Waals surface area (Å²) in [6.07, 6.45) is 6.28. The van der Waals surface area contributed by atoms with Crippen LogP contribution in [0.15, 0.2) is 23.1 Å². The maximum Gasteiger partial charge on any atom is 0.151 e. The van der Waals surface area contributed by atoms with Crippen molar-refractivity contribution in [1.82, 2.24) is 0 Å². The average molecular weight is 220 g/mol. The van der Waals surface area contributed by atoms with Gasteiger partial charge in [-0.15, -0.1) is 11.8 Å². The van der Waals surface area contributed by atoms with Gasteiger partial charge in [-0.2, -0.15) is 0 Å². The van der Waals surface area contributed by atoms with E-state index in [9.17, 15) is 4.79 Å². The van der Waals surface area contributed by atoms with Gasteiger partial charge in [0.1, 0.15) is 0 Å². The Labute approximate surface area is 95.3 Å². The lowest BCUT2D eigenvalue weighted by Crippen LogP contribution is -1.96. The van der Waals surface area contributed by atoms with Gasteiger partial charge in [0.25, 0.3) is 0 Å². The highest BCUT2D eigenvalue weighted by Gasteiger charge is 2.17.